The molecule has 3 saturated heterocycles. The number of alkyl halides is 1. The first-order valence-electron chi connectivity index (χ1n) is 13.5. The van der Waals surface area contributed by atoms with E-state index in [1.54, 1.807) is 0 Å². The molecular formula is C29H34Cl2FN3O3. The van der Waals surface area contributed by atoms with Gasteiger partial charge < -0.3 is 14.5 Å². The maximum absolute atomic E-state index is 13.1. The summed E-state index contributed by atoms with van der Waals surface area (Å²) in [5, 5.41) is 1.10. The van der Waals surface area contributed by atoms with Crippen LogP contribution < -0.4 is 0 Å². The molecule has 3 aliphatic heterocycles. The van der Waals surface area contributed by atoms with Crippen LogP contribution in [0.4, 0.5) is 4.39 Å². The van der Waals surface area contributed by atoms with Crippen molar-refractivity contribution in [3.63, 3.8) is 0 Å². The molecule has 0 bridgehead atoms. The molecule has 0 spiro atoms. The lowest BCUT2D eigenvalue weighted by Gasteiger charge is -2.34. The Hall–Kier alpha value is -2.19. The standard InChI is InChI=1S/C29H34Cl2FN3O3/c30-26-18-23(20-1-3-21(4-2-20)28(36)34-13-11-33(10-8-32)12-14-34)19-27(31)25(26)17-22-5-9-35(29(22)37)24-6-15-38-16-7-24/h1-4,18-19,22,24H,5-17H2/t22-/m0/s1. The summed E-state index contributed by atoms with van der Waals surface area (Å²) >= 11 is 13.4. The molecule has 2 aromatic rings. The number of piperazine rings is 1. The molecule has 2 aromatic carbocycles. The van der Waals surface area contributed by atoms with Crippen LogP contribution in [-0.4, -0.2) is 91.7 Å². The molecule has 5 rings (SSSR count). The van der Waals surface area contributed by atoms with Crippen LogP contribution in [0.15, 0.2) is 36.4 Å². The number of amides is 2. The Bertz CT molecular complexity index is 1130. The summed E-state index contributed by atoms with van der Waals surface area (Å²) in [5.74, 6) is 0.0684. The number of likely N-dealkylation sites (tertiary alicyclic amines) is 1. The number of rotatable bonds is 7. The van der Waals surface area contributed by atoms with Crippen molar-refractivity contribution in [3.05, 3.63) is 57.6 Å². The van der Waals surface area contributed by atoms with Crippen LogP contribution in [0.2, 0.25) is 10.0 Å². The van der Waals surface area contributed by atoms with Gasteiger partial charge >= 0.3 is 0 Å². The fourth-order valence-corrected chi connectivity index (χ4v) is 6.45. The van der Waals surface area contributed by atoms with E-state index in [1.165, 1.54) is 0 Å². The summed E-state index contributed by atoms with van der Waals surface area (Å²) < 4.78 is 18.0. The molecule has 1 atom stereocenters. The van der Waals surface area contributed by atoms with Crippen molar-refractivity contribution in [1.29, 1.82) is 0 Å². The van der Waals surface area contributed by atoms with Crippen molar-refractivity contribution in [2.45, 2.75) is 31.7 Å². The highest BCUT2D eigenvalue weighted by atomic mass is 35.5. The van der Waals surface area contributed by atoms with Gasteiger partial charge in [-0.1, -0.05) is 35.3 Å². The molecule has 6 nitrogen and oxygen atoms in total. The molecule has 0 radical (unpaired) electrons. The number of hydrogen-bond acceptors (Lipinski definition) is 4. The van der Waals surface area contributed by atoms with Gasteiger partial charge in [-0.2, -0.15) is 0 Å². The molecule has 3 aliphatic rings. The van der Waals surface area contributed by atoms with E-state index in [0.29, 0.717) is 68.0 Å². The van der Waals surface area contributed by atoms with E-state index in [0.717, 1.165) is 42.5 Å². The molecule has 0 aromatic heterocycles. The normalized spacial score (nSPS) is 21.3. The second kappa shape index (κ2) is 12.3. The van der Waals surface area contributed by atoms with Gasteiger partial charge in [-0.15, -0.1) is 0 Å². The number of carbonyl (C=O) groups excluding carboxylic acids is 2. The molecule has 3 heterocycles. The molecule has 204 valence electrons. The quantitative estimate of drug-likeness (QED) is 0.479. The zero-order valence-corrected chi connectivity index (χ0v) is 23.0. The van der Waals surface area contributed by atoms with Crippen LogP contribution >= 0.6 is 23.2 Å². The van der Waals surface area contributed by atoms with E-state index < -0.39 is 0 Å². The Labute approximate surface area is 233 Å². The minimum absolute atomic E-state index is 0.0149. The number of benzene rings is 2. The molecule has 0 saturated carbocycles. The Kier molecular flexibility index (Phi) is 8.88. The summed E-state index contributed by atoms with van der Waals surface area (Å²) in [6.45, 7) is 4.85. The van der Waals surface area contributed by atoms with Gasteiger partial charge in [-0.05, 0) is 66.6 Å². The fourth-order valence-electron chi connectivity index (χ4n) is 5.80. The topological polar surface area (TPSA) is 53.1 Å². The highest BCUT2D eigenvalue weighted by Gasteiger charge is 2.37. The van der Waals surface area contributed by atoms with Crippen molar-refractivity contribution in [2.24, 2.45) is 5.92 Å². The second-order valence-electron chi connectivity index (χ2n) is 10.4. The predicted octanol–water partition coefficient (Wildman–Crippen LogP) is 4.96. The van der Waals surface area contributed by atoms with Crippen LogP contribution in [0, 0.1) is 5.92 Å². The van der Waals surface area contributed by atoms with Crippen LogP contribution in [0.25, 0.3) is 11.1 Å². The van der Waals surface area contributed by atoms with Crippen molar-refractivity contribution in [1.82, 2.24) is 14.7 Å². The maximum atomic E-state index is 13.1. The van der Waals surface area contributed by atoms with Crippen LogP contribution in [-0.2, 0) is 16.0 Å². The molecular weight excluding hydrogens is 528 g/mol. The average molecular weight is 563 g/mol. The predicted molar refractivity (Wildman–Crippen MR) is 148 cm³/mol. The SMILES string of the molecule is O=C(c1ccc(-c2cc(Cl)c(C[C@@H]3CCN(C4CCOCC4)C3=O)c(Cl)c2)cc1)N1CCN(CCF)CC1. The van der Waals surface area contributed by atoms with Crippen LogP contribution in [0.1, 0.15) is 35.2 Å². The third kappa shape index (κ3) is 6.01. The van der Waals surface area contributed by atoms with Gasteiger partial charge in [0.15, 0.2) is 0 Å². The van der Waals surface area contributed by atoms with Gasteiger partial charge in [0, 0.05) is 80.1 Å². The third-order valence-electron chi connectivity index (χ3n) is 8.10. The van der Waals surface area contributed by atoms with Gasteiger partial charge in [-0.3, -0.25) is 14.5 Å². The van der Waals surface area contributed by atoms with Crippen LogP contribution in [0.3, 0.4) is 0 Å². The van der Waals surface area contributed by atoms with Crippen molar-refractivity contribution < 1.29 is 18.7 Å². The first-order valence-corrected chi connectivity index (χ1v) is 14.2. The Morgan fingerprint density at radius 1 is 0.921 bits per heavy atom. The molecule has 9 heteroatoms. The summed E-state index contributed by atoms with van der Waals surface area (Å²) in [4.78, 5) is 31.9. The first-order chi connectivity index (χ1) is 18.4. The lowest BCUT2D eigenvalue weighted by molar-refractivity contribution is -0.134. The lowest BCUT2D eigenvalue weighted by Crippen LogP contribution is -2.49. The minimum Gasteiger partial charge on any atom is -0.381 e. The van der Waals surface area contributed by atoms with E-state index >= 15 is 0 Å². The summed E-state index contributed by atoms with van der Waals surface area (Å²) in [6.07, 6.45) is 3.14. The van der Waals surface area contributed by atoms with Crippen molar-refractivity contribution in [2.75, 3.05) is 59.2 Å². The zero-order chi connectivity index (χ0) is 26.6. The molecule has 38 heavy (non-hydrogen) atoms. The van der Waals surface area contributed by atoms with Gasteiger partial charge in [0.1, 0.15) is 6.67 Å². The van der Waals surface area contributed by atoms with E-state index in [-0.39, 0.29) is 30.4 Å². The number of nitrogens with zero attached hydrogens (tertiary/aromatic N) is 3. The van der Waals surface area contributed by atoms with E-state index in [1.807, 2.05) is 51.1 Å². The number of halogens is 3. The maximum Gasteiger partial charge on any atom is 0.253 e. The minimum atomic E-state index is -0.363. The molecule has 0 unspecified atom stereocenters. The Balaban J connectivity index is 1.23. The second-order valence-corrected chi connectivity index (χ2v) is 11.2. The average Bonchev–Trinajstić information content (AvgIpc) is 3.31. The van der Waals surface area contributed by atoms with Gasteiger partial charge in [-0.25, -0.2) is 4.39 Å². The number of ether oxygens (including phenoxy) is 1. The van der Waals surface area contributed by atoms with E-state index in [9.17, 15) is 14.0 Å². The Morgan fingerprint density at radius 2 is 1.58 bits per heavy atom. The van der Waals surface area contributed by atoms with E-state index in [2.05, 4.69) is 0 Å². The van der Waals surface area contributed by atoms with Gasteiger partial charge in [0.25, 0.3) is 5.91 Å². The summed E-state index contributed by atoms with van der Waals surface area (Å²) in [7, 11) is 0. The Morgan fingerprint density at radius 3 is 2.21 bits per heavy atom. The monoisotopic (exact) mass is 561 g/mol. The molecule has 0 N–H and O–H groups in total. The summed E-state index contributed by atoms with van der Waals surface area (Å²) in [6, 6.07) is 11.5. The van der Waals surface area contributed by atoms with Crippen molar-refractivity contribution in [3.8, 4) is 11.1 Å². The molecule has 3 fully saturated rings. The zero-order valence-electron chi connectivity index (χ0n) is 21.5. The third-order valence-corrected chi connectivity index (χ3v) is 8.77. The summed E-state index contributed by atoms with van der Waals surface area (Å²) in [5.41, 5.74) is 3.20. The largest absolute Gasteiger partial charge is 0.381 e. The molecule has 2 amide bonds. The highest BCUT2D eigenvalue weighted by molar-refractivity contribution is 6.36. The van der Waals surface area contributed by atoms with Crippen molar-refractivity contribution >= 4 is 35.0 Å². The fraction of sp³-hybridized carbons (Fsp3) is 0.517. The number of carbonyl (C=O) groups is 2. The van der Waals surface area contributed by atoms with Gasteiger partial charge in [0.05, 0.1) is 0 Å². The number of hydrogen-bond donors (Lipinski definition) is 0. The first kappa shape index (κ1) is 27.4. The lowest BCUT2D eigenvalue weighted by atomic mass is 9.95. The highest BCUT2D eigenvalue weighted by Crippen LogP contribution is 2.36. The van der Waals surface area contributed by atoms with Crippen LogP contribution in [0.5, 0.6) is 0 Å². The smallest absolute Gasteiger partial charge is 0.253 e. The van der Waals surface area contributed by atoms with E-state index in [4.69, 9.17) is 27.9 Å². The molecule has 0 aliphatic carbocycles. The van der Waals surface area contributed by atoms with Gasteiger partial charge in [0.2, 0.25) is 5.91 Å².